The molecule has 25 heavy (non-hydrogen) atoms. The molecule has 0 unspecified atom stereocenters. The van der Waals surface area contributed by atoms with E-state index >= 15 is 0 Å². The van der Waals surface area contributed by atoms with Crippen LogP contribution in [0.2, 0.25) is 0 Å². The lowest BCUT2D eigenvalue weighted by Gasteiger charge is -2.11. The predicted molar refractivity (Wildman–Crippen MR) is 98.7 cm³/mol. The number of rotatable bonds is 5. The number of urea groups is 1. The summed E-state index contributed by atoms with van der Waals surface area (Å²) in [5.41, 5.74) is 1.15. The minimum Gasteiger partial charge on any atom is -0.329 e. The molecule has 1 saturated heterocycles. The van der Waals surface area contributed by atoms with Gasteiger partial charge in [0.2, 0.25) is 5.91 Å². The Labute approximate surface area is 152 Å². The summed E-state index contributed by atoms with van der Waals surface area (Å²) < 4.78 is 0. The molecule has 3 aromatic rings. The molecule has 1 aliphatic rings. The van der Waals surface area contributed by atoms with Gasteiger partial charge in [0.15, 0.2) is 0 Å². The number of hydrogen-bond acceptors (Lipinski definition) is 6. The second kappa shape index (κ2) is 6.81. The van der Waals surface area contributed by atoms with Gasteiger partial charge < -0.3 is 5.32 Å². The van der Waals surface area contributed by atoms with Gasteiger partial charge >= 0.3 is 6.03 Å². The van der Waals surface area contributed by atoms with E-state index in [0.29, 0.717) is 12.3 Å². The number of hydrogen-bond donors (Lipinski definition) is 1. The number of amides is 3. The fraction of sp³-hybridized carbons (Fsp3) is 0.176. The smallest absolute Gasteiger partial charge is 0.324 e. The molecule has 0 saturated carbocycles. The molecule has 4 rings (SSSR count). The van der Waals surface area contributed by atoms with Crippen LogP contribution < -0.4 is 5.32 Å². The summed E-state index contributed by atoms with van der Waals surface area (Å²) in [6, 6.07) is 11.9. The summed E-state index contributed by atoms with van der Waals surface area (Å²) in [7, 11) is 0. The Morgan fingerprint density at radius 1 is 1.20 bits per heavy atom. The third-order valence-electron chi connectivity index (χ3n) is 3.84. The largest absolute Gasteiger partial charge is 0.329 e. The predicted octanol–water partition coefficient (Wildman–Crippen LogP) is 3.00. The van der Waals surface area contributed by atoms with Gasteiger partial charge in [-0.2, -0.15) is 0 Å². The Morgan fingerprint density at radius 3 is 2.80 bits per heavy atom. The first-order valence-electron chi connectivity index (χ1n) is 7.73. The quantitative estimate of drug-likeness (QED) is 0.424. The van der Waals surface area contributed by atoms with Gasteiger partial charge in [-0.3, -0.25) is 9.69 Å². The average Bonchev–Trinajstić information content (AvgIpc) is 3.21. The lowest BCUT2D eigenvalue weighted by atomic mass is 10.2. The van der Waals surface area contributed by atoms with E-state index in [0.717, 1.165) is 25.7 Å². The summed E-state index contributed by atoms with van der Waals surface area (Å²) in [6.07, 6.45) is 1.56. The third kappa shape index (κ3) is 3.22. The summed E-state index contributed by atoms with van der Waals surface area (Å²) in [6.45, 7) is 0.461. The van der Waals surface area contributed by atoms with E-state index in [1.54, 1.807) is 17.7 Å². The van der Waals surface area contributed by atoms with E-state index in [2.05, 4.69) is 33.5 Å². The highest BCUT2D eigenvalue weighted by Gasteiger charge is 2.27. The lowest BCUT2D eigenvalue weighted by molar-refractivity contribution is -0.124. The van der Waals surface area contributed by atoms with Crippen molar-refractivity contribution in [2.24, 2.45) is 0 Å². The van der Waals surface area contributed by atoms with Crippen LogP contribution in [0.4, 0.5) is 4.79 Å². The van der Waals surface area contributed by atoms with Gasteiger partial charge in [0.1, 0.15) is 16.2 Å². The van der Waals surface area contributed by atoms with E-state index in [9.17, 15) is 9.59 Å². The van der Waals surface area contributed by atoms with Crippen LogP contribution in [-0.4, -0.2) is 45.6 Å². The topological polar surface area (TPSA) is 75.2 Å². The summed E-state index contributed by atoms with van der Waals surface area (Å²) >= 11 is 3.16. The van der Waals surface area contributed by atoms with Gasteiger partial charge in [-0.05, 0) is 11.6 Å². The second-order valence-corrected chi connectivity index (χ2v) is 7.54. The number of thioether (sulfide) groups is 1. The number of carbonyl (C=O) groups is 2. The Kier molecular flexibility index (Phi) is 4.37. The van der Waals surface area contributed by atoms with Crippen molar-refractivity contribution >= 4 is 45.3 Å². The van der Waals surface area contributed by atoms with Gasteiger partial charge in [-0.1, -0.05) is 30.3 Å². The highest BCUT2D eigenvalue weighted by Crippen LogP contribution is 2.36. The molecular weight excluding hydrogens is 356 g/mol. The number of aromatic nitrogens is 2. The lowest BCUT2D eigenvalue weighted by Crippen LogP contribution is -2.32. The van der Waals surface area contributed by atoms with E-state index in [4.69, 9.17) is 0 Å². The Bertz CT molecular complexity index is 926. The molecule has 1 aromatic carbocycles. The fourth-order valence-corrected chi connectivity index (χ4v) is 4.58. The van der Waals surface area contributed by atoms with Gasteiger partial charge in [0.25, 0.3) is 0 Å². The number of fused-ring (bicyclic) bond motifs is 1. The molecule has 0 radical (unpaired) electrons. The first-order valence-corrected chi connectivity index (χ1v) is 9.53. The maximum absolute atomic E-state index is 11.6. The second-order valence-electron chi connectivity index (χ2n) is 5.43. The van der Waals surface area contributed by atoms with Gasteiger partial charge in [0, 0.05) is 22.6 Å². The molecule has 8 heteroatoms. The van der Waals surface area contributed by atoms with Crippen molar-refractivity contribution in [3.05, 3.63) is 42.7 Å². The Morgan fingerprint density at radius 2 is 2.04 bits per heavy atom. The number of nitrogens with zero attached hydrogens (tertiary/aromatic N) is 3. The van der Waals surface area contributed by atoms with E-state index < -0.39 is 0 Å². The van der Waals surface area contributed by atoms with E-state index in [1.807, 2.05) is 18.2 Å². The maximum Gasteiger partial charge on any atom is 0.324 e. The maximum atomic E-state index is 11.6. The zero-order valence-corrected chi connectivity index (χ0v) is 14.8. The summed E-state index contributed by atoms with van der Waals surface area (Å²) in [5.74, 6) is 0.419. The van der Waals surface area contributed by atoms with Gasteiger partial charge in [-0.15, -0.1) is 23.1 Å². The van der Waals surface area contributed by atoms with Crippen molar-refractivity contribution in [2.75, 3.05) is 18.8 Å². The normalized spacial score (nSPS) is 14.3. The fourth-order valence-electron chi connectivity index (χ4n) is 2.61. The third-order valence-corrected chi connectivity index (χ3v) is 5.92. The van der Waals surface area contributed by atoms with Crippen molar-refractivity contribution in [1.82, 2.24) is 20.2 Å². The van der Waals surface area contributed by atoms with Crippen LogP contribution in [0.15, 0.2) is 47.8 Å². The molecule has 0 bridgehead atoms. The van der Waals surface area contributed by atoms with Crippen LogP contribution in [0, 0.1) is 0 Å². The minimum absolute atomic E-state index is 0.0895. The molecule has 1 N–H and O–H groups in total. The Hall–Kier alpha value is -2.45. The van der Waals surface area contributed by atoms with Crippen molar-refractivity contribution in [2.45, 2.75) is 5.03 Å². The molecule has 1 fully saturated rings. The molecule has 3 heterocycles. The monoisotopic (exact) mass is 370 g/mol. The van der Waals surface area contributed by atoms with Crippen LogP contribution >= 0.6 is 23.1 Å². The highest BCUT2D eigenvalue weighted by molar-refractivity contribution is 7.99. The number of benzene rings is 1. The number of carbonyl (C=O) groups excluding carboxylic acids is 2. The summed E-state index contributed by atoms with van der Waals surface area (Å²) in [5, 5.41) is 4.40. The molecule has 6 nitrogen and oxygen atoms in total. The minimum atomic E-state index is -0.319. The standard InChI is InChI=1S/C17H14N4O2S2/c22-14-9-18-17(23)21(14)6-7-24-15-12-8-13(11-4-2-1-3-5-11)25-16(12)20-10-19-15/h1-5,8,10H,6-7,9H2,(H,18,23). The van der Waals surface area contributed by atoms with Crippen molar-refractivity contribution in [3.8, 4) is 10.4 Å². The number of nitrogens with one attached hydrogen (secondary N) is 1. The van der Waals surface area contributed by atoms with E-state index in [1.165, 1.54) is 16.7 Å². The summed E-state index contributed by atoms with van der Waals surface area (Å²) in [4.78, 5) is 35.2. The molecule has 0 atom stereocenters. The van der Waals surface area contributed by atoms with Crippen LogP contribution in [0.25, 0.3) is 20.7 Å². The molecule has 0 spiro atoms. The number of thiophene rings is 1. The molecule has 1 aliphatic heterocycles. The molecular formula is C17H14N4O2S2. The van der Waals surface area contributed by atoms with Crippen LogP contribution in [0.3, 0.4) is 0 Å². The Balaban J connectivity index is 1.53. The zero-order chi connectivity index (χ0) is 17.2. The highest BCUT2D eigenvalue weighted by atomic mass is 32.2. The molecule has 2 aromatic heterocycles. The van der Waals surface area contributed by atoms with Crippen molar-refractivity contribution < 1.29 is 9.59 Å². The van der Waals surface area contributed by atoms with Gasteiger partial charge in [-0.25, -0.2) is 14.8 Å². The molecule has 3 amide bonds. The van der Waals surface area contributed by atoms with Crippen LogP contribution in [-0.2, 0) is 4.79 Å². The zero-order valence-electron chi connectivity index (χ0n) is 13.1. The van der Waals surface area contributed by atoms with Crippen molar-refractivity contribution in [1.29, 1.82) is 0 Å². The van der Waals surface area contributed by atoms with Gasteiger partial charge in [0.05, 0.1) is 6.54 Å². The first kappa shape index (κ1) is 16.0. The van der Waals surface area contributed by atoms with Crippen LogP contribution in [0.1, 0.15) is 0 Å². The van der Waals surface area contributed by atoms with Crippen molar-refractivity contribution in [3.63, 3.8) is 0 Å². The first-order chi connectivity index (χ1) is 12.2. The average molecular weight is 370 g/mol. The van der Waals surface area contributed by atoms with Crippen LogP contribution in [0.5, 0.6) is 0 Å². The van der Waals surface area contributed by atoms with E-state index in [-0.39, 0.29) is 18.5 Å². The molecule has 0 aliphatic carbocycles. The molecule has 126 valence electrons. The SMILES string of the molecule is O=C1CNC(=O)N1CCSc1ncnc2sc(-c3ccccc3)cc12. The number of imide groups is 1.